The van der Waals surface area contributed by atoms with Crippen LogP contribution in [0.2, 0.25) is 0 Å². The second-order valence-electron chi connectivity index (χ2n) is 8.01. The zero-order chi connectivity index (χ0) is 17.7. The molecule has 4 atom stereocenters. The average Bonchev–Trinajstić information content (AvgIpc) is 3.25. The molecule has 0 aromatic heterocycles. The number of nitrogens with zero attached hydrogens (tertiary/aromatic N) is 1. The van der Waals surface area contributed by atoms with E-state index >= 15 is 0 Å². The SMILES string of the molecule is CCNC(=NCCCOCC1CCCO1)NC1C2CCOC2C1(C)C. The Hall–Kier alpha value is -0.850. The fourth-order valence-electron chi connectivity index (χ4n) is 4.43. The molecule has 0 amide bonds. The molecule has 4 unspecified atom stereocenters. The van der Waals surface area contributed by atoms with Crippen molar-refractivity contribution in [2.24, 2.45) is 16.3 Å². The fourth-order valence-corrected chi connectivity index (χ4v) is 4.43. The van der Waals surface area contributed by atoms with Gasteiger partial charge in [-0.15, -0.1) is 0 Å². The maximum absolute atomic E-state index is 5.88. The molecule has 0 spiro atoms. The van der Waals surface area contributed by atoms with Crippen LogP contribution >= 0.6 is 0 Å². The smallest absolute Gasteiger partial charge is 0.191 e. The molecule has 1 aliphatic carbocycles. The standard InChI is InChI=1S/C19H35N3O3/c1-4-20-18(21-9-6-10-23-13-14-7-5-11-24-14)22-16-15-8-12-25-17(15)19(16,2)3/h14-17H,4-13H2,1-3H3,(H2,20,21,22). The minimum absolute atomic E-state index is 0.168. The molecule has 0 aromatic carbocycles. The van der Waals surface area contributed by atoms with Crippen LogP contribution in [0.25, 0.3) is 0 Å². The fraction of sp³-hybridized carbons (Fsp3) is 0.947. The highest BCUT2D eigenvalue weighted by Crippen LogP contribution is 2.52. The van der Waals surface area contributed by atoms with Crippen molar-refractivity contribution in [1.29, 1.82) is 0 Å². The molecule has 3 aliphatic rings. The molecule has 2 heterocycles. The number of nitrogens with one attached hydrogen (secondary N) is 2. The number of aliphatic imine (C=N–C) groups is 1. The summed E-state index contributed by atoms with van der Waals surface area (Å²) < 4.78 is 17.2. The molecule has 6 nitrogen and oxygen atoms in total. The van der Waals surface area contributed by atoms with Crippen molar-refractivity contribution >= 4 is 5.96 Å². The Kier molecular flexibility index (Phi) is 6.58. The summed E-state index contributed by atoms with van der Waals surface area (Å²) in [6.45, 7) is 11.6. The number of ether oxygens (including phenoxy) is 3. The Morgan fingerprint density at radius 3 is 2.88 bits per heavy atom. The second-order valence-corrected chi connectivity index (χ2v) is 8.01. The summed E-state index contributed by atoms with van der Waals surface area (Å²) in [4.78, 5) is 4.73. The van der Waals surface area contributed by atoms with Crippen molar-refractivity contribution in [1.82, 2.24) is 10.6 Å². The lowest BCUT2D eigenvalue weighted by Gasteiger charge is -2.54. The van der Waals surface area contributed by atoms with Gasteiger partial charge in [0.1, 0.15) is 0 Å². The van der Waals surface area contributed by atoms with E-state index in [0.717, 1.165) is 64.7 Å². The van der Waals surface area contributed by atoms with Gasteiger partial charge in [0.05, 0.1) is 18.8 Å². The quantitative estimate of drug-likeness (QED) is 0.397. The van der Waals surface area contributed by atoms with E-state index in [4.69, 9.17) is 19.2 Å². The van der Waals surface area contributed by atoms with E-state index in [9.17, 15) is 0 Å². The van der Waals surface area contributed by atoms with Gasteiger partial charge in [-0.1, -0.05) is 13.8 Å². The van der Waals surface area contributed by atoms with E-state index < -0.39 is 0 Å². The van der Waals surface area contributed by atoms with Gasteiger partial charge in [-0.3, -0.25) is 4.99 Å². The highest BCUT2D eigenvalue weighted by atomic mass is 16.5. The van der Waals surface area contributed by atoms with Crippen molar-refractivity contribution in [3.8, 4) is 0 Å². The molecule has 2 saturated heterocycles. The minimum atomic E-state index is 0.168. The minimum Gasteiger partial charge on any atom is -0.379 e. The van der Waals surface area contributed by atoms with Gasteiger partial charge in [-0.25, -0.2) is 0 Å². The van der Waals surface area contributed by atoms with Crippen LogP contribution in [0.15, 0.2) is 4.99 Å². The van der Waals surface area contributed by atoms with Crippen LogP contribution < -0.4 is 10.6 Å². The summed E-state index contributed by atoms with van der Waals surface area (Å²) in [5, 5.41) is 7.02. The van der Waals surface area contributed by atoms with Crippen LogP contribution in [-0.2, 0) is 14.2 Å². The lowest BCUT2D eigenvalue weighted by Crippen LogP contribution is -2.67. The van der Waals surface area contributed by atoms with Crippen molar-refractivity contribution in [2.45, 2.75) is 64.7 Å². The molecule has 25 heavy (non-hydrogen) atoms. The van der Waals surface area contributed by atoms with Crippen LogP contribution in [0.5, 0.6) is 0 Å². The number of rotatable bonds is 8. The monoisotopic (exact) mass is 353 g/mol. The normalized spacial score (nSPS) is 33.8. The van der Waals surface area contributed by atoms with E-state index in [2.05, 4.69) is 31.4 Å². The van der Waals surface area contributed by atoms with Gasteiger partial charge < -0.3 is 24.8 Å². The Morgan fingerprint density at radius 2 is 2.12 bits per heavy atom. The molecular weight excluding hydrogens is 318 g/mol. The number of guanidine groups is 1. The van der Waals surface area contributed by atoms with Crippen LogP contribution in [0, 0.1) is 11.3 Å². The van der Waals surface area contributed by atoms with E-state index in [0.29, 0.717) is 24.2 Å². The lowest BCUT2D eigenvalue weighted by molar-refractivity contribution is -0.106. The maximum atomic E-state index is 5.88. The third-order valence-electron chi connectivity index (χ3n) is 5.78. The highest BCUT2D eigenvalue weighted by Gasteiger charge is 2.59. The van der Waals surface area contributed by atoms with Crippen molar-refractivity contribution < 1.29 is 14.2 Å². The van der Waals surface area contributed by atoms with Crippen LogP contribution in [0.3, 0.4) is 0 Å². The van der Waals surface area contributed by atoms with Crippen molar-refractivity contribution in [3.05, 3.63) is 0 Å². The number of fused-ring (bicyclic) bond motifs is 1. The number of hydrogen-bond donors (Lipinski definition) is 2. The molecule has 144 valence electrons. The van der Waals surface area contributed by atoms with Gasteiger partial charge in [-0.05, 0) is 32.6 Å². The predicted molar refractivity (Wildman–Crippen MR) is 98.9 cm³/mol. The van der Waals surface area contributed by atoms with Gasteiger partial charge in [0.15, 0.2) is 5.96 Å². The van der Waals surface area contributed by atoms with Gasteiger partial charge in [0, 0.05) is 50.3 Å². The third-order valence-corrected chi connectivity index (χ3v) is 5.78. The molecule has 2 aliphatic heterocycles. The van der Waals surface area contributed by atoms with Crippen LogP contribution in [0.1, 0.15) is 46.5 Å². The van der Waals surface area contributed by atoms with E-state index in [1.54, 1.807) is 0 Å². The molecule has 2 N–H and O–H groups in total. The predicted octanol–water partition coefficient (Wildman–Crippen LogP) is 1.94. The third kappa shape index (κ3) is 4.47. The zero-order valence-electron chi connectivity index (χ0n) is 16.1. The summed E-state index contributed by atoms with van der Waals surface area (Å²) in [5.74, 6) is 1.54. The molecule has 0 aromatic rings. The molecule has 6 heteroatoms. The van der Waals surface area contributed by atoms with Gasteiger partial charge in [0.2, 0.25) is 0 Å². The van der Waals surface area contributed by atoms with E-state index in [-0.39, 0.29) is 5.41 Å². The Labute approximate surface area is 152 Å². The summed E-state index contributed by atoms with van der Waals surface area (Å²) in [6, 6.07) is 0.438. The lowest BCUT2D eigenvalue weighted by atomic mass is 9.57. The summed E-state index contributed by atoms with van der Waals surface area (Å²) in [5.41, 5.74) is 0.168. The van der Waals surface area contributed by atoms with Gasteiger partial charge in [-0.2, -0.15) is 0 Å². The molecular formula is C19H35N3O3. The van der Waals surface area contributed by atoms with E-state index in [1.165, 1.54) is 6.42 Å². The first-order valence-corrected chi connectivity index (χ1v) is 9.98. The first-order chi connectivity index (χ1) is 12.1. The Bertz CT molecular complexity index is 449. The largest absolute Gasteiger partial charge is 0.379 e. The number of hydrogen-bond acceptors (Lipinski definition) is 4. The second kappa shape index (κ2) is 8.69. The first kappa shape index (κ1) is 18.9. The molecule has 3 rings (SSSR count). The molecule has 0 radical (unpaired) electrons. The average molecular weight is 354 g/mol. The highest BCUT2D eigenvalue weighted by molar-refractivity contribution is 5.80. The van der Waals surface area contributed by atoms with Crippen molar-refractivity contribution in [3.63, 3.8) is 0 Å². The summed E-state index contributed by atoms with van der Waals surface area (Å²) >= 11 is 0. The molecule has 0 bridgehead atoms. The Balaban J connectivity index is 1.38. The van der Waals surface area contributed by atoms with Crippen molar-refractivity contribution in [2.75, 3.05) is 39.5 Å². The summed E-state index contributed by atoms with van der Waals surface area (Å²) in [6.07, 6.45) is 5.11. The molecule has 3 fully saturated rings. The van der Waals surface area contributed by atoms with Gasteiger partial charge >= 0.3 is 0 Å². The summed E-state index contributed by atoms with van der Waals surface area (Å²) in [7, 11) is 0. The van der Waals surface area contributed by atoms with Crippen LogP contribution in [0.4, 0.5) is 0 Å². The molecule has 1 saturated carbocycles. The Morgan fingerprint density at radius 1 is 1.24 bits per heavy atom. The zero-order valence-corrected chi connectivity index (χ0v) is 16.1. The topological polar surface area (TPSA) is 64.1 Å². The maximum Gasteiger partial charge on any atom is 0.191 e. The van der Waals surface area contributed by atoms with Crippen LogP contribution in [-0.4, -0.2) is 63.7 Å². The van der Waals surface area contributed by atoms with E-state index in [1.807, 2.05) is 0 Å². The van der Waals surface area contributed by atoms with Gasteiger partial charge in [0.25, 0.3) is 0 Å². The first-order valence-electron chi connectivity index (χ1n) is 9.98.